The Labute approximate surface area is 189 Å². The van der Waals surface area contributed by atoms with Crippen molar-refractivity contribution in [1.29, 1.82) is 0 Å². The number of aliphatic hydroxyl groups excluding tert-OH is 1. The molecule has 174 valence electrons. The molecule has 1 amide bonds. The summed E-state index contributed by atoms with van der Waals surface area (Å²) in [6.45, 7) is 2.48. The van der Waals surface area contributed by atoms with Crippen LogP contribution in [0.15, 0.2) is 42.5 Å². The quantitative estimate of drug-likeness (QED) is 0.259. The molecule has 0 radical (unpaired) electrons. The molecule has 2 aliphatic heterocycles. The maximum Gasteiger partial charge on any atom is 0.342 e. The molecule has 1 fully saturated rings. The third kappa shape index (κ3) is 6.93. The predicted octanol–water partition coefficient (Wildman–Crippen LogP) is 3.19. The third-order valence-corrected chi connectivity index (χ3v) is 5.77. The maximum atomic E-state index is 12.9. The van der Waals surface area contributed by atoms with Crippen molar-refractivity contribution in [1.82, 2.24) is 5.32 Å². The van der Waals surface area contributed by atoms with Crippen LogP contribution in [0.1, 0.15) is 61.4 Å². The van der Waals surface area contributed by atoms with E-state index in [1.807, 2.05) is 19.1 Å². The van der Waals surface area contributed by atoms with E-state index in [9.17, 15) is 19.8 Å². The molecular formula is C25H33NO6. The van der Waals surface area contributed by atoms with Gasteiger partial charge in [-0.05, 0) is 50.2 Å². The number of hydrogen-bond acceptors (Lipinski definition) is 6. The maximum absolute atomic E-state index is 12.9. The first-order valence-electron chi connectivity index (χ1n) is 11.4. The Hall–Kier alpha value is -2.64. The van der Waals surface area contributed by atoms with Crippen LogP contribution >= 0.6 is 0 Å². The number of rotatable bonds is 7. The van der Waals surface area contributed by atoms with Crippen LogP contribution in [0.4, 0.5) is 0 Å². The van der Waals surface area contributed by atoms with Crippen molar-refractivity contribution >= 4 is 11.9 Å². The summed E-state index contributed by atoms with van der Waals surface area (Å²) in [5.41, 5.74) is 0.822. The molecule has 4 unspecified atom stereocenters. The Morgan fingerprint density at radius 1 is 1.22 bits per heavy atom. The molecule has 1 aromatic carbocycles. The monoisotopic (exact) mass is 443 g/mol. The highest BCUT2D eigenvalue weighted by molar-refractivity contribution is 5.94. The molecule has 2 heterocycles. The molecule has 0 spiro atoms. The van der Waals surface area contributed by atoms with E-state index < -0.39 is 18.2 Å². The number of esters is 1. The lowest BCUT2D eigenvalue weighted by molar-refractivity contribution is -0.117. The van der Waals surface area contributed by atoms with Crippen LogP contribution in [0.2, 0.25) is 0 Å². The highest BCUT2D eigenvalue weighted by Crippen LogP contribution is 2.32. The van der Waals surface area contributed by atoms with Gasteiger partial charge in [0.15, 0.2) is 0 Å². The van der Waals surface area contributed by atoms with Crippen molar-refractivity contribution in [3.05, 3.63) is 53.6 Å². The van der Waals surface area contributed by atoms with Crippen LogP contribution in [0.5, 0.6) is 5.75 Å². The van der Waals surface area contributed by atoms with Crippen LogP contribution in [-0.4, -0.2) is 53.1 Å². The van der Waals surface area contributed by atoms with Crippen molar-refractivity contribution in [3.63, 3.8) is 0 Å². The first kappa shape index (κ1) is 24.0. The minimum atomic E-state index is -0.543. The number of nitrogens with one attached hydrogen (secondary N) is 1. The molecule has 3 N–H and O–H groups in total. The summed E-state index contributed by atoms with van der Waals surface area (Å²) in [5.74, 6) is -0.830. The molecule has 4 atom stereocenters. The number of aliphatic hydroxyl groups is 1. The lowest BCUT2D eigenvalue weighted by Crippen LogP contribution is -2.40. The van der Waals surface area contributed by atoms with Gasteiger partial charge in [-0.3, -0.25) is 4.79 Å². The van der Waals surface area contributed by atoms with Gasteiger partial charge in [-0.2, -0.15) is 0 Å². The number of carbonyl (C=O) groups excluding carboxylic acids is 2. The second-order valence-electron chi connectivity index (χ2n) is 8.41. The fourth-order valence-corrected chi connectivity index (χ4v) is 4.29. The van der Waals surface area contributed by atoms with Gasteiger partial charge in [-0.25, -0.2) is 4.79 Å². The first-order valence-corrected chi connectivity index (χ1v) is 11.4. The number of cyclic esters (lactones) is 1. The summed E-state index contributed by atoms with van der Waals surface area (Å²) in [7, 11) is 0. The number of aromatic hydroxyl groups is 1. The molecule has 32 heavy (non-hydrogen) atoms. The Balaban J connectivity index is 1.64. The Kier molecular flexibility index (Phi) is 8.88. The van der Waals surface area contributed by atoms with Gasteiger partial charge < -0.3 is 25.0 Å². The van der Waals surface area contributed by atoms with Crippen molar-refractivity contribution < 1.29 is 29.3 Å². The fourth-order valence-electron chi connectivity index (χ4n) is 4.29. The minimum absolute atomic E-state index is 0.115. The number of amides is 1. The van der Waals surface area contributed by atoms with E-state index in [0.29, 0.717) is 50.6 Å². The smallest absolute Gasteiger partial charge is 0.342 e. The minimum Gasteiger partial charge on any atom is -0.507 e. The number of phenols is 1. The number of hydrogen-bond donors (Lipinski definition) is 3. The van der Waals surface area contributed by atoms with Gasteiger partial charge in [0, 0.05) is 19.0 Å². The molecule has 2 aliphatic rings. The second kappa shape index (κ2) is 11.8. The molecule has 7 nitrogen and oxygen atoms in total. The summed E-state index contributed by atoms with van der Waals surface area (Å²) in [5, 5.41) is 23.4. The zero-order valence-electron chi connectivity index (χ0n) is 18.5. The third-order valence-electron chi connectivity index (χ3n) is 5.77. The number of benzene rings is 1. The van der Waals surface area contributed by atoms with E-state index in [1.54, 1.807) is 18.2 Å². The first-order chi connectivity index (χ1) is 15.5. The Morgan fingerprint density at radius 2 is 2.03 bits per heavy atom. The lowest BCUT2D eigenvalue weighted by atomic mass is 9.91. The molecular weight excluding hydrogens is 410 g/mol. The van der Waals surface area contributed by atoms with Crippen molar-refractivity contribution in [2.24, 2.45) is 0 Å². The van der Waals surface area contributed by atoms with Crippen LogP contribution in [0, 0.1) is 0 Å². The van der Waals surface area contributed by atoms with Crippen LogP contribution in [0.25, 0.3) is 0 Å². The van der Waals surface area contributed by atoms with E-state index >= 15 is 0 Å². The van der Waals surface area contributed by atoms with E-state index in [0.717, 1.165) is 6.42 Å². The summed E-state index contributed by atoms with van der Waals surface area (Å²) < 4.78 is 11.9. The highest BCUT2D eigenvalue weighted by Gasteiger charge is 2.34. The molecule has 1 aromatic rings. The zero-order chi connectivity index (χ0) is 22.9. The lowest BCUT2D eigenvalue weighted by Gasteiger charge is -2.36. The molecule has 1 saturated heterocycles. The second-order valence-corrected chi connectivity index (χ2v) is 8.41. The average molecular weight is 444 g/mol. The SMILES string of the molecule is CC/C=C\C=C/C(=O)NCCCC1CC2CC(O)CC(Cc3cccc(O)c3C(=O)O1)O2. The van der Waals surface area contributed by atoms with Gasteiger partial charge in [-0.1, -0.05) is 37.3 Å². The largest absolute Gasteiger partial charge is 0.507 e. The molecule has 0 saturated carbocycles. The van der Waals surface area contributed by atoms with Crippen molar-refractivity contribution in [2.45, 2.75) is 76.3 Å². The number of allylic oxidation sites excluding steroid dienone is 3. The standard InChI is InChI=1S/C25H33NO6/c1-2-3-4-5-11-23(29)26-12-7-9-19-16-21-15-18(27)14-20(31-21)13-17-8-6-10-22(28)24(17)25(30)32-19/h3-6,8,10-11,18-21,27-28H,2,7,9,12-16H2,1H3,(H,26,29)/b4-3-,11-5-. The topological polar surface area (TPSA) is 105 Å². The Bertz CT molecular complexity index is 849. The van der Waals surface area contributed by atoms with Crippen molar-refractivity contribution in [3.8, 4) is 5.75 Å². The molecule has 2 bridgehead atoms. The van der Waals surface area contributed by atoms with Gasteiger partial charge in [0.1, 0.15) is 17.4 Å². The molecule has 0 aliphatic carbocycles. The van der Waals surface area contributed by atoms with Crippen LogP contribution in [-0.2, 0) is 20.7 Å². The van der Waals surface area contributed by atoms with E-state index in [4.69, 9.17) is 9.47 Å². The van der Waals surface area contributed by atoms with Crippen LogP contribution < -0.4 is 5.32 Å². The molecule has 0 aromatic heterocycles. The predicted molar refractivity (Wildman–Crippen MR) is 120 cm³/mol. The number of fused-ring (bicyclic) bond motifs is 3. The highest BCUT2D eigenvalue weighted by atomic mass is 16.5. The van der Waals surface area contributed by atoms with Crippen molar-refractivity contribution in [2.75, 3.05) is 6.54 Å². The fraction of sp³-hybridized carbons (Fsp3) is 0.520. The van der Waals surface area contributed by atoms with Gasteiger partial charge in [-0.15, -0.1) is 0 Å². The number of carbonyl (C=O) groups is 2. The summed E-state index contributed by atoms with van der Waals surface area (Å²) in [6.07, 6.45) is 9.62. The van der Waals surface area contributed by atoms with Gasteiger partial charge in [0.2, 0.25) is 5.91 Å². The van der Waals surface area contributed by atoms with E-state index in [-0.39, 0.29) is 29.4 Å². The van der Waals surface area contributed by atoms with E-state index in [1.165, 1.54) is 12.1 Å². The molecule has 3 rings (SSSR count). The number of ether oxygens (including phenoxy) is 2. The van der Waals surface area contributed by atoms with Crippen LogP contribution in [0.3, 0.4) is 0 Å². The summed E-state index contributed by atoms with van der Waals surface area (Å²) >= 11 is 0. The Morgan fingerprint density at radius 3 is 2.84 bits per heavy atom. The zero-order valence-corrected chi connectivity index (χ0v) is 18.5. The molecule has 7 heteroatoms. The van der Waals surface area contributed by atoms with Gasteiger partial charge in [0.05, 0.1) is 18.3 Å². The van der Waals surface area contributed by atoms with Gasteiger partial charge >= 0.3 is 5.97 Å². The normalized spacial score (nSPS) is 26.0. The van der Waals surface area contributed by atoms with Gasteiger partial charge in [0.25, 0.3) is 0 Å². The summed E-state index contributed by atoms with van der Waals surface area (Å²) in [6, 6.07) is 4.95. The van der Waals surface area contributed by atoms with E-state index in [2.05, 4.69) is 5.32 Å². The summed E-state index contributed by atoms with van der Waals surface area (Å²) in [4.78, 5) is 24.7. The number of phenolic OH excluding ortho intramolecular Hbond substituents is 1. The average Bonchev–Trinajstić information content (AvgIpc) is 2.73.